The lowest BCUT2D eigenvalue weighted by atomic mass is 9.85. The second-order valence-corrected chi connectivity index (χ2v) is 7.62. The van der Waals surface area contributed by atoms with E-state index in [1.807, 2.05) is 29.2 Å². The Labute approximate surface area is 159 Å². The largest absolute Gasteiger partial charge is 0.368 e. The molecule has 1 saturated heterocycles. The Hall–Kier alpha value is -1.79. The number of rotatable bonds is 4. The molecule has 2 atom stereocenters. The SMILES string of the molecule is NC1CCCC(C(=O)NCC(=O)N2CCN(c3ccc(Cl)cc3)CC2)C1. The fourth-order valence-electron chi connectivity index (χ4n) is 3.75. The number of halogens is 1. The molecule has 1 heterocycles. The molecule has 2 unspecified atom stereocenters. The number of carbonyl (C=O) groups excluding carboxylic acids is 2. The van der Waals surface area contributed by atoms with E-state index < -0.39 is 0 Å². The van der Waals surface area contributed by atoms with Gasteiger partial charge >= 0.3 is 0 Å². The second-order valence-electron chi connectivity index (χ2n) is 7.19. The lowest BCUT2D eigenvalue weighted by Gasteiger charge is -2.36. The molecule has 2 amide bonds. The highest BCUT2D eigenvalue weighted by Gasteiger charge is 2.26. The number of nitrogens with zero attached hydrogens (tertiary/aromatic N) is 2. The van der Waals surface area contributed by atoms with Crippen LogP contribution in [0.25, 0.3) is 0 Å². The molecule has 1 aromatic rings. The third-order valence-electron chi connectivity index (χ3n) is 5.32. The van der Waals surface area contributed by atoms with Crippen LogP contribution in [0, 0.1) is 5.92 Å². The van der Waals surface area contributed by atoms with Crippen LogP contribution in [0.4, 0.5) is 5.69 Å². The van der Waals surface area contributed by atoms with Crippen molar-refractivity contribution in [1.29, 1.82) is 0 Å². The highest BCUT2D eigenvalue weighted by atomic mass is 35.5. The van der Waals surface area contributed by atoms with Crippen LogP contribution in [-0.2, 0) is 9.59 Å². The van der Waals surface area contributed by atoms with E-state index in [4.69, 9.17) is 17.3 Å². The summed E-state index contributed by atoms with van der Waals surface area (Å²) in [5.74, 6) is -0.101. The molecular formula is C19H27ClN4O2. The zero-order valence-corrected chi connectivity index (χ0v) is 15.8. The molecule has 0 radical (unpaired) electrons. The van der Waals surface area contributed by atoms with Gasteiger partial charge in [0.25, 0.3) is 0 Å². The first-order valence-corrected chi connectivity index (χ1v) is 9.72. The first kappa shape index (κ1) is 19.0. The summed E-state index contributed by atoms with van der Waals surface area (Å²) in [5, 5.41) is 3.52. The number of hydrogen-bond acceptors (Lipinski definition) is 4. The molecule has 1 saturated carbocycles. The number of nitrogens with one attached hydrogen (secondary N) is 1. The summed E-state index contributed by atoms with van der Waals surface area (Å²) in [7, 11) is 0. The van der Waals surface area contributed by atoms with Gasteiger partial charge in [-0.1, -0.05) is 18.0 Å². The number of benzene rings is 1. The average molecular weight is 379 g/mol. The quantitative estimate of drug-likeness (QED) is 0.834. The van der Waals surface area contributed by atoms with Gasteiger partial charge in [0.1, 0.15) is 0 Å². The van der Waals surface area contributed by atoms with Crippen molar-refractivity contribution < 1.29 is 9.59 Å². The first-order valence-electron chi connectivity index (χ1n) is 9.34. The Morgan fingerprint density at radius 2 is 1.81 bits per heavy atom. The topological polar surface area (TPSA) is 78.7 Å². The van der Waals surface area contributed by atoms with Gasteiger partial charge in [0.15, 0.2) is 0 Å². The van der Waals surface area contributed by atoms with Gasteiger partial charge in [0, 0.05) is 48.8 Å². The summed E-state index contributed by atoms with van der Waals surface area (Å²) in [6.45, 7) is 2.94. The van der Waals surface area contributed by atoms with E-state index >= 15 is 0 Å². The van der Waals surface area contributed by atoms with Gasteiger partial charge in [0.2, 0.25) is 11.8 Å². The predicted molar refractivity (Wildman–Crippen MR) is 103 cm³/mol. The molecule has 1 aromatic carbocycles. The van der Waals surface area contributed by atoms with Gasteiger partial charge in [-0.3, -0.25) is 9.59 Å². The van der Waals surface area contributed by atoms with E-state index in [1.165, 1.54) is 0 Å². The fraction of sp³-hybridized carbons (Fsp3) is 0.579. The van der Waals surface area contributed by atoms with Gasteiger partial charge in [-0.05, 0) is 43.5 Å². The molecule has 0 spiro atoms. The minimum Gasteiger partial charge on any atom is -0.368 e. The van der Waals surface area contributed by atoms with Gasteiger partial charge in [-0.2, -0.15) is 0 Å². The highest BCUT2D eigenvalue weighted by molar-refractivity contribution is 6.30. The molecule has 142 valence electrons. The average Bonchev–Trinajstić information content (AvgIpc) is 2.66. The number of hydrogen-bond donors (Lipinski definition) is 2. The van der Waals surface area contributed by atoms with Crippen molar-refractivity contribution in [2.24, 2.45) is 11.7 Å². The molecule has 2 aliphatic rings. The van der Waals surface area contributed by atoms with Crippen molar-refractivity contribution in [3.8, 4) is 0 Å². The normalized spacial score (nSPS) is 23.6. The Balaban J connectivity index is 1.42. The lowest BCUT2D eigenvalue weighted by molar-refractivity contribution is -0.134. The van der Waals surface area contributed by atoms with Crippen molar-refractivity contribution in [3.05, 3.63) is 29.3 Å². The summed E-state index contributed by atoms with van der Waals surface area (Å²) in [4.78, 5) is 28.7. The van der Waals surface area contributed by atoms with Crippen molar-refractivity contribution in [1.82, 2.24) is 10.2 Å². The van der Waals surface area contributed by atoms with Crippen molar-refractivity contribution in [3.63, 3.8) is 0 Å². The Bertz CT molecular complexity index is 629. The standard InChI is InChI=1S/C19H27ClN4O2/c20-15-4-6-17(7-5-15)23-8-10-24(11-9-23)18(25)13-22-19(26)14-2-1-3-16(21)12-14/h4-7,14,16H,1-3,8-13,21H2,(H,22,26). The predicted octanol–water partition coefficient (Wildman–Crippen LogP) is 1.62. The van der Waals surface area contributed by atoms with Crippen molar-refractivity contribution >= 4 is 29.1 Å². The van der Waals surface area contributed by atoms with Gasteiger partial charge < -0.3 is 20.9 Å². The van der Waals surface area contributed by atoms with Crippen LogP contribution in [-0.4, -0.2) is 55.5 Å². The molecule has 2 fully saturated rings. The minimum absolute atomic E-state index is 0.0192. The highest BCUT2D eigenvalue weighted by Crippen LogP contribution is 2.23. The zero-order valence-electron chi connectivity index (χ0n) is 15.0. The monoisotopic (exact) mass is 378 g/mol. The zero-order chi connectivity index (χ0) is 18.5. The number of nitrogens with two attached hydrogens (primary N) is 1. The molecule has 7 heteroatoms. The Kier molecular flexibility index (Phi) is 6.38. The number of amides is 2. The Morgan fingerprint density at radius 1 is 1.12 bits per heavy atom. The van der Waals surface area contributed by atoms with E-state index in [9.17, 15) is 9.59 Å². The molecule has 3 N–H and O–H groups in total. The van der Waals surface area contributed by atoms with E-state index in [0.717, 1.165) is 49.5 Å². The maximum Gasteiger partial charge on any atom is 0.242 e. The fourth-order valence-corrected chi connectivity index (χ4v) is 3.88. The third-order valence-corrected chi connectivity index (χ3v) is 5.58. The summed E-state index contributed by atoms with van der Waals surface area (Å²) >= 11 is 5.93. The van der Waals surface area contributed by atoms with Crippen LogP contribution in [0.2, 0.25) is 5.02 Å². The molecule has 3 rings (SSSR count). The van der Waals surface area contributed by atoms with E-state index in [0.29, 0.717) is 13.1 Å². The molecular weight excluding hydrogens is 352 g/mol. The summed E-state index contributed by atoms with van der Waals surface area (Å²) in [6, 6.07) is 7.85. The van der Waals surface area contributed by atoms with Crippen LogP contribution in [0.5, 0.6) is 0 Å². The van der Waals surface area contributed by atoms with Crippen molar-refractivity contribution in [2.45, 2.75) is 31.7 Å². The van der Waals surface area contributed by atoms with Crippen LogP contribution in [0.15, 0.2) is 24.3 Å². The second kappa shape index (κ2) is 8.73. The van der Waals surface area contributed by atoms with Gasteiger partial charge in [-0.25, -0.2) is 0 Å². The first-order chi connectivity index (χ1) is 12.5. The molecule has 1 aliphatic heterocycles. The van der Waals surface area contributed by atoms with Crippen LogP contribution in [0.3, 0.4) is 0 Å². The minimum atomic E-state index is -0.0479. The summed E-state index contributed by atoms with van der Waals surface area (Å²) in [5.41, 5.74) is 7.05. The summed E-state index contributed by atoms with van der Waals surface area (Å²) in [6.07, 6.45) is 3.56. The number of carbonyl (C=O) groups is 2. The van der Waals surface area contributed by atoms with E-state index in [2.05, 4.69) is 10.2 Å². The van der Waals surface area contributed by atoms with E-state index in [-0.39, 0.29) is 30.3 Å². The summed E-state index contributed by atoms with van der Waals surface area (Å²) < 4.78 is 0. The Morgan fingerprint density at radius 3 is 2.46 bits per heavy atom. The molecule has 6 nitrogen and oxygen atoms in total. The van der Waals surface area contributed by atoms with Crippen LogP contribution in [0.1, 0.15) is 25.7 Å². The third kappa shape index (κ3) is 4.89. The van der Waals surface area contributed by atoms with Crippen molar-refractivity contribution in [2.75, 3.05) is 37.6 Å². The molecule has 1 aliphatic carbocycles. The number of piperazine rings is 1. The maximum absolute atomic E-state index is 12.4. The smallest absolute Gasteiger partial charge is 0.242 e. The maximum atomic E-state index is 12.4. The van der Waals surface area contributed by atoms with Gasteiger partial charge in [-0.15, -0.1) is 0 Å². The van der Waals surface area contributed by atoms with Crippen LogP contribution < -0.4 is 16.0 Å². The van der Waals surface area contributed by atoms with Crippen LogP contribution >= 0.6 is 11.6 Å². The lowest BCUT2D eigenvalue weighted by Crippen LogP contribution is -2.51. The number of anilines is 1. The molecule has 26 heavy (non-hydrogen) atoms. The van der Waals surface area contributed by atoms with E-state index in [1.54, 1.807) is 0 Å². The molecule has 0 bridgehead atoms. The van der Waals surface area contributed by atoms with Gasteiger partial charge in [0.05, 0.1) is 6.54 Å². The molecule has 0 aromatic heterocycles.